The smallest absolute Gasteiger partial charge is 0.0991 e. The van der Waals surface area contributed by atoms with E-state index in [0.717, 1.165) is 34.1 Å². The maximum atomic E-state index is 9.64. The summed E-state index contributed by atoms with van der Waals surface area (Å²) in [5.41, 5.74) is 27.3. The summed E-state index contributed by atoms with van der Waals surface area (Å²) < 4.78 is 0. The maximum absolute atomic E-state index is 9.64. The van der Waals surface area contributed by atoms with E-state index in [0.29, 0.717) is 11.1 Å². The molecule has 4 nitrogen and oxygen atoms in total. The molecule has 0 amide bonds. The molecule has 0 aromatic heterocycles. The zero-order chi connectivity index (χ0) is 59.3. The van der Waals surface area contributed by atoms with Gasteiger partial charge in [0.2, 0.25) is 0 Å². The summed E-state index contributed by atoms with van der Waals surface area (Å²) in [6.07, 6.45) is 9.09. The van der Waals surface area contributed by atoms with Gasteiger partial charge in [0.15, 0.2) is 0 Å². The van der Waals surface area contributed by atoms with Gasteiger partial charge in [0, 0.05) is 50.4 Å². The van der Waals surface area contributed by atoms with Crippen molar-refractivity contribution in [3.05, 3.63) is 309 Å². The number of hydrogen-bond acceptors (Lipinski definition) is 4. The molecular formula is C83H62N4. The van der Waals surface area contributed by atoms with Gasteiger partial charge in [0.05, 0.1) is 23.3 Å². The minimum Gasteiger partial charge on any atom is -0.310 e. The van der Waals surface area contributed by atoms with Gasteiger partial charge in [-0.3, -0.25) is 0 Å². The molecule has 0 aliphatic heterocycles. The molecule has 0 atom stereocenters. The van der Waals surface area contributed by atoms with Crippen LogP contribution in [0.25, 0.3) is 79.2 Å². The highest BCUT2D eigenvalue weighted by Crippen LogP contribution is 2.54. The Kier molecular flexibility index (Phi) is 12.3. The van der Waals surface area contributed by atoms with Crippen LogP contribution in [0, 0.1) is 22.7 Å². The molecule has 3 aliphatic rings. The predicted octanol–water partition coefficient (Wildman–Crippen LogP) is 21.9. The van der Waals surface area contributed by atoms with Crippen molar-refractivity contribution in [1.29, 1.82) is 10.5 Å². The molecule has 12 aromatic carbocycles. The zero-order valence-corrected chi connectivity index (χ0v) is 49.7. The van der Waals surface area contributed by atoms with Crippen molar-refractivity contribution >= 4 is 80.0 Å². The van der Waals surface area contributed by atoms with Gasteiger partial charge in [0.25, 0.3) is 0 Å². The quantitative estimate of drug-likeness (QED) is 0.128. The number of nitrogens with zero attached hydrogens (tertiary/aromatic N) is 4. The summed E-state index contributed by atoms with van der Waals surface area (Å²) in [5.74, 6) is 0. The average molecular weight is 1120 g/mol. The Balaban J connectivity index is 0.666. The number of fused-ring (bicyclic) bond motifs is 11. The van der Waals surface area contributed by atoms with Gasteiger partial charge in [0.1, 0.15) is 0 Å². The minimum absolute atomic E-state index is 0.184. The van der Waals surface area contributed by atoms with E-state index in [2.05, 4.69) is 282 Å². The van der Waals surface area contributed by atoms with Crippen molar-refractivity contribution < 1.29 is 0 Å². The van der Waals surface area contributed by atoms with Crippen molar-refractivity contribution in [3.8, 4) is 45.5 Å². The van der Waals surface area contributed by atoms with Crippen LogP contribution in [0.15, 0.2) is 243 Å². The summed E-state index contributed by atoms with van der Waals surface area (Å²) in [6, 6.07) is 92.3. The first-order valence-electron chi connectivity index (χ1n) is 30.1. The summed E-state index contributed by atoms with van der Waals surface area (Å²) in [7, 11) is 0. The Labute approximate surface area is 510 Å². The molecule has 15 rings (SSSR count). The molecule has 0 heterocycles. The van der Waals surface area contributed by atoms with E-state index in [-0.39, 0.29) is 16.2 Å². The third kappa shape index (κ3) is 8.87. The maximum Gasteiger partial charge on any atom is 0.0991 e. The van der Waals surface area contributed by atoms with E-state index >= 15 is 0 Å². The SMILES string of the molecule is CC1(C)c2cc(/C=C/c3ccc4c(c3)C(C)(C)c3cc(N(c5ccc(C#N)cc5)c5ccc6ccccc6c5)ccc3-4)ccc2-c2ccc(/C=C/c3ccc4c(c3)C(C)(C)c3cc(N(c5ccc(C#N)cc5)c5ccc6ccccc6c5)ccc3-4)cc21. The summed E-state index contributed by atoms with van der Waals surface area (Å²) in [4.78, 5) is 4.61. The molecule has 0 unspecified atom stereocenters. The lowest BCUT2D eigenvalue weighted by Gasteiger charge is -2.28. The Hall–Kier alpha value is -10.8. The molecule has 0 saturated carbocycles. The molecule has 0 saturated heterocycles. The van der Waals surface area contributed by atoms with Crippen molar-refractivity contribution in [2.75, 3.05) is 9.80 Å². The Morgan fingerprint density at radius 2 is 0.517 bits per heavy atom. The van der Waals surface area contributed by atoms with Crippen LogP contribution in [0.2, 0.25) is 0 Å². The molecule has 0 spiro atoms. The fourth-order valence-corrected chi connectivity index (χ4v) is 14.2. The highest BCUT2D eigenvalue weighted by atomic mass is 15.1. The fraction of sp³-hybridized carbons (Fsp3) is 0.108. The van der Waals surface area contributed by atoms with Crippen LogP contribution in [-0.2, 0) is 16.2 Å². The third-order valence-corrected chi connectivity index (χ3v) is 19.0. The third-order valence-electron chi connectivity index (χ3n) is 19.0. The van der Waals surface area contributed by atoms with Crippen LogP contribution in [-0.4, -0.2) is 0 Å². The number of nitriles is 2. The second-order valence-electron chi connectivity index (χ2n) is 25.3. The first-order chi connectivity index (χ1) is 42.2. The lowest BCUT2D eigenvalue weighted by molar-refractivity contribution is 0.660. The zero-order valence-electron chi connectivity index (χ0n) is 49.7. The van der Waals surface area contributed by atoms with Gasteiger partial charge in [-0.25, -0.2) is 0 Å². The number of hydrogen-bond donors (Lipinski definition) is 0. The normalized spacial score (nSPS) is 14.3. The highest BCUT2D eigenvalue weighted by Gasteiger charge is 2.39. The van der Waals surface area contributed by atoms with Gasteiger partial charge in [-0.2, -0.15) is 10.5 Å². The van der Waals surface area contributed by atoms with Crippen LogP contribution in [0.5, 0.6) is 0 Å². The highest BCUT2D eigenvalue weighted by molar-refractivity contribution is 5.94. The lowest BCUT2D eigenvalue weighted by Crippen LogP contribution is -2.16. The molecule has 0 radical (unpaired) electrons. The van der Waals surface area contributed by atoms with Crippen molar-refractivity contribution in [2.45, 2.75) is 57.8 Å². The molecule has 4 heteroatoms. The summed E-state index contributed by atoms with van der Waals surface area (Å²) in [6.45, 7) is 14.1. The van der Waals surface area contributed by atoms with E-state index in [1.165, 1.54) is 111 Å². The molecule has 414 valence electrons. The van der Waals surface area contributed by atoms with Crippen LogP contribution in [0.1, 0.15) is 108 Å². The Morgan fingerprint density at radius 3 is 0.828 bits per heavy atom. The van der Waals surface area contributed by atoms with E-state index in [1.54, 1.807) is 0 Å². The summed E-state index contributed by atoms with van der Waals surface area (Å²) in [5, 5.41) is 24.0. The number of rotatable bonds is 10. The predicted molar refractivity (Wildman–Crippen MR) is 364 cm³/mol. The average Bonchev–Trinajstić information content (AvgIpc) is 1.71. The van der Waals surface area contributed by atoms with Gasteiger partial charge >= 0.3 is 0 Å². The van der Waals surface area contributed by atoms with E-state index in [4.69, 9.17) is 0 Å². The standard InChI is InChI=1S/C83H62N4/c1-81(2)75-43-53(15-17-55-25-39-71-73-41-35-67(49-79(73)82(3,4)77(71)45-55)86(63-29-19-57(51-84)20-30-63)65-33-27-59-11-7-9-13-61(59)47-65)23-37-69(75)70-38-24-54(44-76(70)81)16-18-56-26-40-72-74-42-36-68(50-80(74)83(5,6)78(72)46-56)87(64-31-21-58(52-85)22-32-64)66-34-28-60-12-8-10-14-62(60)48-66/h7-50H,1-6H3/b17-15+,18-16+. The largest absolute Gasteiger partial charge is 0.310 e. The van der Waals surface area contributed by atoms with Crippen molar-refractivity contribution in [1.82, 2.24) is 0 Å². The van der Waals surface area contributed by atoms with Crippen molar-refractivity contribution in [2.24, 2.45) is 0 Å². The van der Waals surface area contributed by atoms with Crippen LogP contribution in [0.4, 0.5) is 34.1 Å². The molecule has 0 N–H and O–H groups in total. The Bertz CT molecular complexity index is 4660. The van der Waals surface area contributed by atoms with E-state index in [9.17, 15) is 10.5 Å². The van der Waals surface area contributed by atoms with Gasteiger partial charge in [-0.1, -0.05) is 211 Å². The molecule has 0 bridgehead atoms. The second kappa shape index (κ2) is 20.2. The first-order valence-corrected chi connectivity index (χ1v) is 30.1. The Morgan fingerprint density at radius 1 is 0.264 bits per heavy atom. The summed E-state index contributed by atoms with van der Waals surface area (Å²) >= 11 is 0. The van der Waals surface area contributed by atoms with Crippen molar-refractivity contribution in [3.63, 3.8) is 0 Å². The van der Waals surface area contributed by atoms with Crippen LogP contribution < -0.4 is 9.80 Å². The first kappa shape index (κ1) is 53.0. The van der Waals surface area contributed by atoms with Crippen LogP contribution >= 0.6 is 0 Å². The van der Waals surface area contributed by atoms with Gasteiger partial charge in [-0.05, 0) is 208 Å². The molecule has 3 aliphatic carbocycles. The monoisotopic (exact) mass is 1110 g/mol. The topological polar surface area (TPSA) is 54.1 Å². The lowest BCUT2D eigenvalue weighted by atomic mass is 9.81. The minimum atomic E-state index is -0.239. The second-order valence-corrected chi connectivity index (χ2v) is 25.3. The van der Waals surface area contributed by atoms with E-state index < -0.39 is 0 Å². The van der Waals surface area contributed by atoms with Crippen LogP contribution in [0.3, 0.4) is 0 Å². The number of benzene rings is 12. The number of anilines is 6. The molecule has 0 fully saturated rings. The fourth-order valence-electron chi connectivity index (χ4n) is 14.2. The molecule has 12 aromatic rings. The van der Waals surface area contributed by atoms with Gasteiger partial charge < -0.3 is 9.80 Å². The van der Waals surface area contributed by atoms with E-state index in [1.807, 2.05) is 48.5 Å². The molecular weight excluding hydrogens is 1050 g/mol. The molecule has 87 heavy (non-hydrogen) atoms. The van der Waals surface area contributed by atoms with Gasteiger partial charge in [-0.15, -0.1) is 0 Å².